The molecular weight excluding hydrogens is 236 g/mol. The second kappa shape index (κ2) is 5.19. The van der Waals surface area contributed by atoms with Gasteiger partial charge in [0.1, 0.15) is 0 Å². The van der Waals surface area contributed by atoms with Crippen molar-refractivity contribution in [2.75, 3.05) is 0 Å². The Morgan fingerprint density at radius 1 is 1.53 bits per heavy atom. The van der Waals surface area contributed by atoms with Gasteiger partial charge in [0, 0.05) is 4.88 Å². The number of carboxylic acids is 1. The summed E-state index contributed by atoms with van der Waals surface area (Å²) in [4.78, 5) is 11.7. The van der Waals surface area contributed by atoms with Crippen LogP contribution in [-0.2, 0) is 0 Å². The lowest BCUT2D eigenvalue weighted by Gasteiger charge is -2.30. The van der Waals surface area contributed by atoms with E-state index >= 15 is 0 Å². The Kier molecular flexibility index (Phi) is 3.84. The first kappa shape index (κ1) is 12.6. The van der Waals surface area contributed by atoms with E-state index in [1.54, 1.807) is 11.4 Å². The summed E-state index contributed by atoms with van der Waals surface area (Å²) in [6.45, 7) is 2.20. The van der Waals surface area contributed by atoms with E-state index in [2.05, 4.69) is 6.92 Å². The van der Waals surface area contributed by atoms with Crippen molar-refractivity contribution < 1.29 is 15.0 Å². The molecule has 0 spiro atoms. The summed E-state index contributed by atoms with van der Waals surface area (Å²) >= 11 is 1.35. The Bertz CT molecular complexity index is 399. The topological polar surface area (TPSA) is 57.5 Å². The van der Waals surface area contributed by atoms with Crippen molar-refractivity contribution >= 4 is 17.3 Å². The minimum absolute atomic E-state index is 0.218. The summed E-state index contributed by atoms with van der Waals surface area (Å²) in [5.74, 6) is -0.0868. The molecule has 1 saturated carbocycles. The van der Waals surface area contributed by atoms with E-state index in [9.17, 15) is 9.90 Å². The van der Waals surface area contributed by atoms with E-state index in [0.29, 0.717) is 10.8 Å². The molecule has 0 amide bonds. The third kappa shape index (κ3) is 2.69. The second-order valence-corrected chi connectivity index (χ2v) is 5.93. The van der Waals surface area contributed by atoms with Crippen LogP contribution in [0.25, 0.3) is 0 Å². The molecule has 17 heavy (non-hydrogen) atoms. The molecule has 1 fully saturated rings. The lowest BCUT2D eigenvalue weighted by atomic mass is 9.79. The summed E-state index contributed by atoms with van der Waals surface area (Å²) < 4.78 is 0. The third-order valence-electron chi connectivity index (χ3n) is 3.62. The Balaban J connectivity index is 2.15. The van der Waals surface area contributed by atoms with Crippen molar-refractivity contribution in [2.24, 2.45) is 11.8 Å². The summed E-state index contributed by atoms with van der Waals surface area (Å²) in [5.41, 5.74) is 0.265. The van der Waals surface area contributed by atoms with Crippen LogP contribution in [0.4, 0.5) is 0 Å². The number of aromatic carboxylic acids is 1. The van der Waals surface area contributed by atoms with Gasteiger partial charge in [-0.3, -0.25) is 0 Å². The second-order valence-electron chi connectivity index (χ2n) is 4.98. The van der Waals surface area contributed by atoms with Gasteiger partial charge in [-0.15, -0.1) is 11.3 Å². The van der Waals surface area contributed by atoms with Crippen LogP contribution in [-0.4, -0.2) is 16.2 Å². The number of thiophene rings is 1. The summed E-state index contributed by atoms with van der Waals surface area (Å²) in [6, 6.07) is 1.58. The van der Waals surface area contributed by atoms with Crippen LogP contribution in [0.15, 0.2) is 11.4 Å². The van der Waals surface area contributed by atoms with Crippen molar-refractivity contribution in [3.05, 3.63) is 21.9 Å². The van der Waals surface area contributed by atoms with Gasteiger partial charge in [-0.05, 0) is 36.1 Å². The number of aliphatic hydroxyl groups is 1. The van der Waals surface area contributed by atoms with Gasteiger partial charge >= 0.3 is 5.97 Å². The summed E-state index contributed by atoms with van der Waals surface area (Å²) in [7, 11) is 0. The standard InChI is InChI=1S/C13H18O3S/c1-8-3-2-4-9(7-8)11(14)12-10(13(15)16)5-6-17-12/h5-6,8-9,11,14H,2-4,7H2,1H3,(H,15,16). The van der Waals surface area contributed by atoms with Crippen LogP contribution in [0.1, 0.15) is 53.9 Å². The van der Waals surface area contributed by atoms with E-state index in [1.807, 2.05) is 0 Å². The van der Waals surface area contributed by atoms with Crippen molar-refractivity contribution in [3.63, 3.8) is 0 Å². The van der Waals surface area contributed by atoms with Gasteiger partial charge in [0.2, 0.25) is 0 Å². The Hall–Kier alpha value is -0.870. The molecule has 0 aliphatic heterocycles. The van der Waals surface area contributed by atoms with Crippen LogP contribution < -0.4 is 0 Å². The summed E-state index contributed by atoms with van der Waals surface area (Å²) in [5, 5.41) is 21.1. The molecule has 2 rings (SSSR count). The fourth-order valence-corrected chi connectivity index (χ4v) is 3.67. The maximum absolute atomic E-state index is 11.0. The molecule has 1 aliphatic carbocycles. The molecule has 1 aliphatic rings. The molecule has 3 unspecified atom stereocenters. The van der Waals surface area contributed by atoms with Gasteiger partial charge < -0.3 is 10.2 Å². The fourth-order valence-electron chi connectivity index (χ4n) is 2.71. The molecule has 0 radical (unpaired) electrons. The molecular formula is C13H18O3S. The lowest BCUT2D eigenvalue weighted by Crippen LogP contribution is -2.20. The first-order valence-corrected chi connectivity index (χ1v) is 6.96. The predicted octanol–water partition coefficient (Wildman–Crippen LogP) is 3.31. The van der Waals surface area contributed by atoms with Gasteiger partial charge in [-0.1, -0.05) is 19.8 Å². The maximum atomic E-state index is 11.0. The minimum atomic E-state index is -0.941. The number of rotatable bonds is 3. The van der Waals surface area contributed by atoms with Gasteiger partial charge in [0.05, 0.1) is 11.7 Å². The first-order valence-electron chi connectivity index (χ1n) is 6.08. The molecule has 1 aromatic rings. The average molecular weight is 254 g/mol. The quantitative estimate of drug-likeness (QED) is 0.870. The van der Waals surface area contributed by atoms with Crippen molar-refractivity contribution in [1.82, 2.24) is 0 Å². The van der Waals surface area contributed by atoms with Crippen molar-refractivity contribution in [3.8, 4) is 0 Å². The number of hydrogen-bond acceptors (Lipinski definition) is 3. The van der Waals surface area contributed by atoms with E-state index in [4.69, 9.17) is 5.11 Å². The zero-order chi connectivity index (χ0) is 12.4. The van der Waals surface area contributed by atoms with E-state index in [-0.39, 0.29) is 11.5 Å². The molecule has 1 heterocycles. The average Bonchev–Trinajstić information content (AvgIpc) is 2.77. The van der Waals surface area contributed by atoms with Crippen LogP contribution in [0.2, 0.25) is 0 Å². The molecule has 2 N–H and O–H groups in total. The first-order chi connectivity index (χ1) is 8.09. The normalized spacial score (nSPS) is 26.7. The van der Waals surface area contributed by atoms with Crippen LogP contribution in [0, 0.1) is 11.8 Å². The SMILES string of the molecule is CC1CCCC(C(O)c2sccc2C(=O)O)C1. The monoisotopic (exact) mass is 254 g/mol. The molecule has 0 saturated heterocycles. The van der Waals surface area contributed by atoms with Gasteiger partial charge in [-0.2, -0.15) is 0 Å². The zero-order valence-corrected chi connectivity index (χ0v) is 10.7. The van der Waals surface area contributed by atoms with E-state index < -0.39 is 12.1 Å². The molecule has 1 aromatic heterocycles. The van der Waals surface area contributed by atoms with Crippen molar-refractivity contribution in [1.29, 1.82) is 0 Å². The maximum Gasteiger partial charge on any atom is 0.336 e. The predicted molar refractivity (Wildman–Crippen MR) is 67.4 cm³/mol. The Morgan fingerprint density at radius 3 is 2.94 bits per heavy atom. The highest BCUT2D eigenvalue weighted by Gasteiger charge is 2.29. The zero-order valence-electron chi connectivity index (χ0n) is 9.93. The summed E-state index contributed by atoms with van der Waals surface area (Å²) in [6.07, 6.45) is 3.75. The number of aliphatic hydroxyl groups excluding tert-OH is 1. The molecule has 3 nitrogen and oxygen atoms in total. The molecule has 3 atom stereocenters. The van der Waals surface area contributed by atoms with E-state index in [0.717, 1.165) is 19.3 Å². The number of carbonyl (C=O) groups is 1. The largest absolute Gasteiger partial charge is 0.478 e. The minimum Gasteiger partial charge on any atom is -0.478 e. The van der Waals surface area contributed by atoms with Crippen LogP contribution in [0.3, 0.4) is 0 Å². The van der Waals surface area contributed by atoms with E-state index in [1.165, 1.54) is 17.8 Å². The molecule has 0 aromatic carbocycles. The molecule has 94 valence electrons. The smallest absolute Gasteiger partial charge is 0.336 e. The highest BCUT2D eigenvalue weighted by molar-refractivity contribution is 7.10. The number of carboxylic acid groups (broad SMARTS) is 1. The van der Waals surface area contributed by atoms with Crippen LogP contribution >= 0.6 is 11.3 Å². The highest BCUT2D eigenvalue weighted by atomic mass is 32.1. The Morgan fingerprint density at radius 2 is 2.29 bits per heavy atom. The van der Waals surface area contributed by atoms with Crippen molar-refractivity contribution in [2.45, 2.75) is 38.7 Å². The van der Waals surface area contributed by atoms with Crippen LogP contribution in [0.5, 0.6) is 0 Å². The fraction of sp³-hybridized carbons (Fsp3) is 0.615. The van der Waals surface area contributed by atoms with Gasteiger partial charge in [0.15, 0.2) is 0 Å². The Labute approximate surface area is 105 Å². The number of hydrogen-bond donors (Lipinski definition) is 2. The molecule has 0 bridgehead atoms. The molecule has 4 heteroatoms. The van der Waals surface area contributed by atoms with Gasteiger partial charge in [-0.25, -0.2) is 4.79 Å². The lowest BCUT2D eigenvalue weighted by molar-refractivity contribution is 0.0637. The highest BCUT2D eigenvalue weighted by Crippen LogP contribution is 2.39. The van der Waals surface area contributed by atoms with Gasteiger partial charge in [0.25, 0.3) is 0 Å². The third-order valence-corrected chi connectivity index (χ3v) is 4.61.